The average molecular weight is 451 g/mol. The van der Waals surface area contributed by atoms with E-state index in [-0.39, 0.29) is 29.2 Å². The van der Waals surface area contributed by atoms with Crippen molar-refractivity contribution in [3.8, 4) is 0 Å². The fraction of sp³-hybridized carbons (Fsp3) is 0.174. The molecular weight excluding hydrogens is 424 g/mol. The lowest BCUT2D eigenvalue weighted by Gasteiger charge is -2.12. The van der Waals surface area contributed by atoms with Gasteiger partial charge in [0.15, 0.2) is 0 Å². The number of hydrogen-bond donors (Lipinski definition) is 2. The molecule has 8 nitrogen and oxygen atoms in total. The van der Waals surface area contributed by atoms with Crippen LogP contribution in [0.2, 0.25) is 0 Å². The van der Waals surface area contributed by atoms with E-state index in [1.165, 1.54) is 11.7 Å². The molecular formula is C23H26N6O2S. The quantitative estimate of drug-likeness (QED) is 0.309. The summed E-state index contributed by atoms with van der Waals surface area (Å²) < 4.78 is 6.44. The topological polar surface area (TPSA) is 121 Å². The highest BCUT2D eigenvalue weighted by Gasteiger charge is 2.12. The number of methoxy groups -OCH3 is 1. The second-order valence-electron chi connectivity index (χ2n) is 7.07. The van der Waals surface area contributed by atoms with Crippen LogP contribution in [0.1, 0.15) is 18.2 Å². The Balaban J connectivity index is 2.13. The summed E-state index contributed by atoms with van der Waals surface area (Å²) in [5.74, 6) is 4.31. The fourth-order valence-corrected chi connectivity index (χ4v) is 3.29. The van der Waals surface area contributed by atoms with Gasteiger partial charge in [0.25, 0.3) is 5.56 Å². The first kappa shape index (κ1) is 23.1. The van der Waals surface area contributed by atoms with Crippen molar-refractivity contribution in [2.45, 2.75) is 18.7 Å². The van der Waals surface area contributed by atoms with Gasteiger partial charge in [-0.1, -0.05) is 24.1 Å². The molecule has 2 aromatic heterocycles. The van der Waals surface area contributed by atoms with Crippen LogP contribution >= 0.6 is 10.7 Å². The van der Waals surface area contributed by atoms with E-state index in [0.717, 1.165) is 11.1 Å². The highest BCUT2D eigenvalue weighted by Crippen LogP contribution is 2.22. The minimum absolute atomic E-state index is 0.00619. The zero-order valence-corrected chi connectivity index (χ0v) is 18.9. The lowest BCUT2D eigenvalue weighted by Crippen LogP contribution is -2.25. The Hall–Kier alpha value is -3.56. The highest BCUT2D eigenvalue weighted by molar-refractivity contribution is 8.12. The van der Waals surface area contributed by atoms with Crippen molar-refractivity contribution >= 4 is 45.2 Å². The Kier molecular flexibility index (Phi) is 7.34. The van der Waals surface area contributed by atoms with E-state index in [2.05, 4.69) is 27.4 Å². The Labute approximate surface area is 189 Å². The van der Waals surface area contributed by atoms with Crippen molar-refractivity contribution in [3.05, 3.63) is 82.7 Å². The van der Waals surface area contributed by atoms with Crippen LogP contribution in [0.5, 0.6) is 0 Å². The summed E-state index contributed by atoms with van der Waals surface area (Å²) in [5.41, 5.74) is 8.58. The maximum absolute atomic E-state index is 13.3. The molecule has 9 heteroatoms. The predicted molar refractivity (Wildman–Crippen MR) is 135 cm³/mol. The van der Waals surface area contributed by atoms with Gasteiger partial charge in [0, 0.05) is 17.7 Å². The van der Waals surface area contributed by atoms with Gasteiger partial charge in [-0.2, -0.15) is 0 Å². The highest BCUT2D eigenvalue weighted by atomic mass is 32.2. The van der Waals surface area contributed by atoms with Crippen LogP contribution in [0, 0.1) is 0 Å². The second kappa shape index (κ2) is 10.2. The van der Waals surface area contributed by atoms with Crippen molar-refractivity contribution in [1.82, 2.24) is 14.5 Å². The number of nitrogen functional groups attached to an aromatic ring is 1. The first-order valence-electron chi connectivity index (χ1n) is 9.76. The largest absolute Gasteiger partial charge is 0.481 e. The minimum atomic E-state index is -0.575. The molecule has 0 radical (unpaired) electrons. The molecule has 166 valence electrons. The Morgan fingerprint density at radius 2 is 2.16 bits per heavy atom. The van der Waals surface area contributed by atoms with Crippen molar-refractivity contribution in [1.29, 1.82) is 0 Å². The number of nitrogens with two attached hydrogens (primary N) is 2. The average Bonchev–Trinajstić information content (AvgIpc) is 2.79. The molecule has 2 atom stereocenters. The number of benzene rings is 1. The van der Waals surface area contributed by atoms with Crippen molar-refractivity contribution in [3.63, 3.8) is 0 Å². The number of fused-ring (bicyclic) bond motifs is 1. The minimum Gasteiger partial charge on any atom is -0.481 e. The molecule has 0 saturated heterocycles. The van der Waals surface area contributed by atoms with E-state index in [4.69, 9.17) is 15.6 Å². The van der Waals surface area contributed by atoms with Gasteiger partial charge in [0.2, 0.25) is 11.8 Å². The number of allylic oxidation sites excluding steroid dienone is 1. The van der Waals surface area contributed by atoms with Crippen LogP contribution in [0.15, 0.2) is 70.9 Å². The van der Waals surface area contributed by atoms with Crippen LogP contribution in [0.3, 0.4) is 0 Å². The normalized spacial score (nSPS) is 13.9. The number of pyridine rings is 1. The third-order valence-electron chi connectivity index (χ3n) is 4.84. The molecule has 0 saturated carbocycles. The van der Waals surface area contributed by atoms with Crippen LogP contribution in [-0.2, 0) is 11.3 Å². The van der Waals surface area contributed by atoms with E-state index >= 15 is 0 Å². The first-order chi connectivity index (χ1) is 15.3. The number of aliphatic imine (C=N–C) groups is 1. The smallest absolute Gasteiger partial charge is 0.263 e. The van der Waals surface area contributed by atoms with Crippen LogP contribution in [-0.4, -0.2) is 39.0 Å². The molecule has 32 heavy (non-hydrogen) atoms. The zero-order chi connectivity index (χ0) is 23.3. The maximum Gasteiger partial charge on any atom is 0.263 e. The summed E-state index contributed by atoms with van der Waals surface area (Å²) in [6.45, 7) is 5.91. The van der Waals surface area contributed by atoms with Gasteiger partial charge in [-0.05, 0) is 48.9 Å². The number of aromatic nitrogens is 3. The molecule has 0 aliphatic rings. The van der Waals surface area contributed by atoms with Crippen LogP contribution in [0.25, 0.3) is 16.5 Å². The number of anilines is 1. The number of hydrogen-bond acceptors (Lipinski definition) is 7. The standard InChI is InChI=1S/C23H26N6O2S/c1-15(32(4)25)11-18(13-27-16(2)31-3)17-8-9-21-20(12-17)22(30)29(23(24)28-21)14-19-7-5-6-10-26-19/h5-13,15H,2,4,14,25H2,1,3H3,(H2,24,28)/b18-11+,27-13-. The fourth-order valence-electron chi connectivity index (χ4n) is 2.97. The monoisotopic (exact) mass is 450 g/mol. The second-order valence-corrected chi connectivity index (χ2v) is 8.75. The Morgan fingerprint density at radius 3 is 2.81 bits per heavy atom. The van der Waals surface area contributed by atoms with Gasteiger partial charge >= 0.3 is 0 Å². The molecule has 3 rings (SSSR count). The molecule has 4 N–H and O–H groups in total. The van der Waals surface area contributed by atoms with E-state index in [1.54, 1.807) is 24.5 Å². The summed E-state index contributed by atoms with van der Waals surface area (Å²) in [4.78, 5) is 26.2. The first-order valence-corrected chi connectivity index (χ1v) is 11.3. The Morgan fingerprint density at radius 1 is 1.38 bits per heavy atom. The van der Waals surface area contributed by atoms with Gasteiger partial charge in [0.05, 0.1) is 30.3 Å². The number of rotatable bonds is 8. The van der Waals surface area contributed by atoms with Crippen molar-refractivity contribution < 1.29 is 4.74 Å². The molecule has 0 spiro atoms. The molecule has 0 bridgehead atoms. The summed E-state index contributed by atoms with van der Waals surface area (Å²) in [7, 11) is 0.920. The third kappa shape index (κ3) is 5.37. The predicted octanol–water partition coefficient (Wildman–Crippen LogP) is 2.96. The number of nitrogens with zero attached hydrogens (tertiary/aromatic N) is 4. The van der Waals surface area contributed by atoms with E-state index in [1.807, 2.05) is 37.3 Å². The van der Waals surface area contributed by atoms with E-state index < -0.39 is 10.7 Å². The molecule has 1 aromatic carbocycles. The molecule has 3 aromatic rings. The van der Waals surface area contributed by atoms with Crippen LogP contribution in [0.4, 0.5) is 5.95 Å². The van der Waals surface area contributed by atoms with Gasteiger partial charge in [0.1, 0.15) is 0 Å². The lowest BCUT2D eigenvalue weighted by molar-refractivity contribution is 0.291. The molecule has 0 fully saturated rings. The Bertz CT molecular complexity index is 1280. The van der Waals surface area contributed by atoms with E-state index in [9.17, 15) is 4.79 Å². The molecule has 0 amide bonds. The maximum atomic E-state index is 13.3. The van der Waals surface area contributed by atoms with E-state index in [0.29, 0.717) is 16.6 Å². The zero-order valence-electron chi connectivity index (χ0n) is 18.1. The molecule has 2 heterocycles. The summed E-state index contributed by atoms with van der Waals surface area (Å²) >= 11 is 0. The third-order valence-corrected chi connectivity index (χ3v) is 5.93. The molecule has 2 unspecified atom stereocenters. The summed E-state index contributed by atoms with van der Waals surface area (Å²) in [5, 5.41) is 6.40. The summed E-state index contributed by atoms with van der Waals surface area (Å²) in [6.07, 6.45) is 5.26. The van der Waals surface area contributed by atoms with Gasteiger partial charge in [-0.25, -0.2) is 9.98 Å². The van der Waals surface area contributed by atoms with Crippen molar-refractivity contribution in [2.24, 2.45) is 10.1 Å². The lowest BCUT2D eigenvalue weighted by atomic mass is 10.0. The molecule has 0 aliphatic carbocycles. The SMILES string of the molecule is C=C(/N=C\C(=C/C(C)S(=C)N)c1ccc2nc(N)n(Cc3ccccn3)c(=O)c2c1)OC. The van der Waals surface area contributed by atoms with Crippen LogP contribution < -0.4 is 16.4 Å². The van der Waals surface area contributed by atoms with Gasteiger partial charge < -0.3 is 10.5 Å². The van der Waals surface area contributed by atoms with Gasteiger partial charge in [-0.3, -0.25) is 19.5 Å². The number of ether oxygens (including phenoxy) is 1. The van der Waals surface area contributed by atoms with Gasteiger partial charge in [-0.15, -0.1) is 10.7 Å². The summed E-state index contributed by atoms with van der Waals surface area (Å²) in [6, 6.07) is 10.9. The molecule has 0 aliphatic heterocycles. The van der Waals surface area contributed by atoms with Crippen molar-refractivity contribution in [2.75, 3.05) is 12.8 Å².